The molecule has 2 fully saturated rings. The molecule has 0 saturated heterocycles. The SMILES string of the molecule is C#CC12CC[C@]3(C)CC(O)C[C@H]3[C@@H]1CCc1cc(O)ccc12. The Morgan fingerprint density at radius 1 is 1.27 bits per heavy atom. The van der Waals surface area contributed by atoms with Gasteiger partial charge in [0.25, 0.3) is 0 Å². The lowest BCUT2D eigenvalue weighted by Gasteiger charge is -2.54. The van der Waals surface area contributed by atoms with Crippen molar-refractivity contribution in [2.75, 3.05) is 0 Å². The number of aryl methyl sites for hydroxylation is 1. The summed E-state index contributed by atoms with van der Waals surface area (Å²) in [4.78, 5) is 0. The van der Waals surface area contributed by atoms with Gasteiger partial charge in [-0.05, 0) is 79.0 Å². The molecule has 3 aliphatic carbocycles. The molecule has 0 bridgehead atoms. The average molecular weight is 296 g/mol. The van der Waals surface area contributed by atoms with Gasteiger partial charge in [0.15, 0.2) is 0 Å². The lowest BCUT2D eigenvalue weighted by Crippen LogP contribution is -2.50. The van der Waals surface area contributed by atoms with Crippen LogP contribution in [0.1, 0.15) is 50.2 Å². The highest BCUT2D eigenvalue weighted by Gasteiger charge is 2.58. The first kappa shape index (κ1) is 14.2. The number of hydrogen-bond donors (Lipinski definition) is 2. The van der Waals surface area contributed by atoms with Gasteiger partial charge in [-0.3, -0.25) is 0 Å². The Kier molecular flexibility index (Phi) is 2.91. The van der Waals surface area contributed by atoms with Gasteiger partial charge in [0.1, 0.15) is 5.75 Å². The van der Waals surface area contributed by atoms with E-state index in [1.807, 2.05) is 12.1 Å². The molecular formula is C20H24O2. The molecule has 22 heavy (non-hydrogen) atoms. The van der Waals surface area contributed by atoms with Gasteiger partial charge in [-0.25, -0.2) is 0 Å². The van der Waals surface area contributed by atoms with Crippen molar-refractivity contribution in [2.24, 2.45) is 17.3 Å². The van der Waals surface area contributed by atoms with Crippen LogP contribution in [0.15, 0.2) is 18.2 Å². The average Bonchev–Trinajstić information content (AvgIpc) is 2.80. The van der Waals surface area contributed by atoms with Gasteiger partial charge in [0.05, 0.1) is 11.5 Å². The van der Waals surface area contributed by atoms with E-state index >= 15 is 0 Å². The van der Waals surface area contributed by atoms with Crippen molar-refractivity contribution < 1.29 is 10.2 Å². The number of terminal acetylenes is 1. The summed E-state index contributed by atoms with van der Waals surface area (Å²) in [5.74, 6) is 4.50. The van der Waals surface area contributed by atoms with E-state index < -0.39 is 0 Å². The summed E-state index contributed by atoms with van der Waals surface area (Å²) in [7, 11) is 0. The van der Waals surface area contributed by atoms with Gasteiger partial charge in [0, 0.05) is 0 Å². The van der Waals surface area contributed by atoms with Gasteiger partial charge >= 0.3 is 0 Å². The van der Waals surface area contributed by atoms with E-state index in [0.717, 1.165) is 38.5 Å². The van der Waals surface area contributed by atoms with Crippen LogP contribution in [0.2, 0.25) is 0 Å². The van der Waals surface area contributed by atoms with Gasteiger partial charge < -0.3 is 10.2 Å². The Morgan fingerprint density at radius 2 is 2.09 bits per heavy atom. The fourth-order valence-corrected chi connectivity index (χ4v) is 5.87. The van der Waals surface area contributed by atoms with Crippen molar-refractivity contribution in [2.45, 2.75) is 57.0 Å². The third-order valence-electron chi connectivity index (χ3n) is 6.88. The molecule has 0 radical (unpaired) electrons. The third kappa shape index (κ3) is 1.72. The largest absolute Gasteiger partial charge is 0.508 e. The maximum Gasteiger partial charge on any atom is 0.115 e. The molecule has 0 heterocycles. The number of phenolic OH excluding ortho intramolecular Hbond substituents is 1. The maximum absolute atomic E-state index is 10.2. The molecule has 2 N–H and O–H groups in total. The lowest BCUT2D eigenvalue weighted by molar-refractivity contribution is 0.0318. The summed E-state index contributed by atoms with van der Waals surface area (Å²) in [6.07, 6.45) is 11.9. The van der Waals surface area contributed by atoms with Crippen LogP contribution >= 0.6 is 0 Å². The van der Waals surface area contributed by atoms with Crippen molar-refractivity contribution in [3.63, 3.8) is 0 Å². The molecule has 0 aromatic heterocycles. The smallest absolute Gasteiger partial charge is 0.115 e. The Hall–Kier alpha value is -1.46. The van der Waals surface area contributed by atoms with E-state index in [2.05, 4.69) is 12.8 Å². The number of aliphatic hydroxyl groups is 1. The van der Waals surface area contributed by atoms with Crippen molar-refractivity contribution in [3.05, 3.63) is 29.3 Å². The predicted molar refractivity (Wildman–Crippen MR) is 86.5 cm³/mol. The fraction of sp³-hybridized carbons (Fsp3) is 0.600. The number of phenols is 1. The zero-order valence-corrected chi connectivity index (χ0v) is 13.2. The van der Waals surface area contributed by atoms with Gasteiger partial charge in [-0.15, -0.1) is 6.42 Å². The first-order valence-electron chi connectivity index (χ1n) is 8.47. The molecule has 4 rings (SSSR count). The summed E-state index contributed by atoms with van der Waals surface area (Å²) in [6.45, 7) is 2.35. The van der Waals surface area contributed by atoms with Crippen LogP contribution in [-0.4, -0.2) is 16.3 Å². The van der Waals surface area contributed by atoms with E-state index in [1.54, 1.807) is 6.07 Å². The summed E-state index contributed by atoms with van der Waals surface area (Å²) >= 11 is 0. The standard InChI is InChI=1S/C20H24O2/c1-3-20-9-8-19(2)12-15(22)11-18(19)17(20)6-4-13-10-14(21)5-7-16(13)20/h1,5,7,10,15,17-18,21-22H,4,6,8-9,11-12H2,2H3/t15?,17-,18-,19+,20?/m0/s1. The second kappa shape index (κ2) is 4.52. The molecule has 0 aliphatic heterocycles. The number of aromatic hydroxyl groups is 1. The molecule has 2 unspecified atom stereocenters. The zero-order chi connectivity index (χ0) is 15.5. The van der Waals surface area contributed by atoms with Crippen LogP contribution in [0.25, 0.3) is 0 Å². The quantitative estimate of drug-likeness (QED) is 0.720. The number of aliphatic hydroxyl groups excluding tert-OH is 1. The van der Waals surface area contributed by atoms with E-state index in [4.69, 9.17) is 6.42 Å². The van der Waals surface area contributed by atoms with E-state index in [1.165, 1.54) is 11.1 Å². The molecule has 1 aromatic rings. The molecule has 0 spiro atoms. The summed E-state index contributed by atoms with van der Waals surface area (Å²) < 4.78 is 0. The highest BCUT2D eigenvalue weighted by Crippen LogP contribution is 2.63. The minimum atomic E-state index is -0.199. The van der Waals surface area contributed by atoms with Crippen molar-refractivity contribution in [3.8, 4) is 18.1 Å². The van der Waals surface area contributed by atoms with Crippen molar-refractivity contribution in [1.82, 2.24) is 0 Å². The first-order valence-corrected chi connectivity index (χ1v) is 8.47. The first-order chi connectivity index (χ1) is 10.5. The molecular weight excluding hydrogens is 272 g/mol. The van der Waals surface area contributed by atoms with Crippen LogP contribution in [0.5, 0.6) is 5.75 Å². The lowest BCUT2D eigenvalue weighted by atomic mass is 9.49. The van der Waals surface area contributed by atoms with Crippen molar-refractivity contribution >= 4 is 0 Å². The van der Waals surface area contributed by atoms with Crippen LogP contribution in [0.4, 0.5) is 0 Å². The molecule has 2 heteroatoms. The van der Waals surface area contributed by atoms with E-state index in [0.29, 0.717) is 17.6 Å². The minimum Gasteiger partial charge on any atom is -0.508 e. The van der Waals surface area contributed by atoms with E-state index in [9.17, 15) is 10.2 Å². The highest BCUT2D eigenvalue weighted by atomic mass is 16.3. The number of fused-ring (bicyclic) bond motifs is 5. The molecule has 116 valence electrons. The van der Waals surface area contributed by atoms with Gasteiger partial charge in [-0.1, -0.05) is 18.9 Å². The molecule has 1 aromatic carbocycles. The van der Waals surface area contributed by atoms with E-state index in [-0.39, 0.29) is 16.9 Å². The van der Waals surface area contributed by atoms with Gasteiger partial charge in [-0.2, -0.15) is 0 Å². The summed E-state index contributed by atoms with van der Waals surface area (Å²) in [5.41, 5.74) is 2.53. The van der Waals surface area contributed by atoms with Gasteiger partial charge in [0.2, 0.25) is 0 Å². The van der Waals surface area contributed by atoms with Crippen LogP contribution in [0.3, 0.4) is 0 Å². The molecule has 2 saturated carbocycles. The molecule has 5 atom stereocenters. The maximum atomic E-state index is 10.2. The molecule has 2 nitrogen and oxygen atoms in total. The Bertz CT molecular complexity index is 658. The third-order valence-corrected chi connectivity index (χ3v) is 6.88. The second-order valence-corrected chi connectivity index (χ2v) is 7.96. The monoisotopic (exact) mass is 296 g/mol. The number of hydrogen-bond acceptors (Lipinski definition) is 2. The topological polar surface area (TPSA) is 40.5 Å². The Balaban J connectivity index is 1.83. The predicted octanol–water partition coefficient (Wildman–Crippen LogP) is 3.40. The number of rotatable bonds is 0. The Morgan fingerprint density at radius 3 is 2.86 bits per heavy atom. The van der Waals surface area contributed by atoms with Crippen LogP contribution in [0, 0.1) is 29.6 Å². The summed E-state index contributed by atoms with van der Waals surface area (Å²) in [5, 5.41) is 20.0. The summed E-state index contributed by atoms with van der Waals surface area (Å²) in [6, 6.07) is 5.71. The highest BCUT2D eigenvalue weighted by molar-refractivity contribution is 5.48. The second-order valence-electron chi connectivity index (χ2n) is 7.96. The van der Waals surface area contributed by atoms with Crippen LogP contribution < -0.4 is 0 Å². The molecule has 0 amide bonds. The Labute approximate surface area is 132 Å². The minimum absolute atomic E-state index is 0.162. The van der Waals surface area contributed by atoms with Crippen molar-refractivity contribution in [1.29, 1.82) is 0 Å². The zero-order valence-electron chi connectivity index (χ0n) is 13.2. The van der Waals surface area contributed by atoms with Crippen LogP contribution in [-0.2, 0) is 11.8 Å². The number of benzene rings is 1. The molecule has 3 aliphatic rings. The normalized spacial score (nSPS) is 42.9. The fourth-order valence-electron chi connectivity index (χ4n) is 5.87.